The minimum atomic E-state index is -0.147. The first-order valence-corrected chi connectivity index (χ1v) is 9.97. The van der Waals surface area contributed by atoms with E-state index in [-0.39, 0.29) is 5.91 Å². The molecule has 27 heavy (non-hydrogen) atoms. The predicted octanol–water partition coefficient (Wildman–Crippen LogP) is 3.49. The zero-order valence-corrected chi connectivity index (χ0v) is 16.7. The number of carbonyl (C=O) groups excluding carboxylic acids is 1. The zero-order chi connectivity index (χ0) is 19.0. The summed E-state index contributed by atoms with van der Waals surface area (Å²) >= 11 is 7.57. The number of amides is 1. The lowest BCUT2D eigenvalue weighted by atomic mass is 10.1. The largest absolute Gasteiger partial charge is 0.364 e. The Kier molecular flexibility index (Phi) is 4.99. The summed E-state index contributed by atoms with van der Waals surface area (Å²) in [5, 5.41) is 17.0. The van der Waals surface area contributed by atoms with Gasteiger partial charge in [0, 0.05) is 42.0 Å². The summed E-state index contributed by atoms with van der Waals surface area (Å²) in [6.07, 6.45) is 1.04. The topological polar surface area (TPSA) is 70.2 Å². The normalized spacial score (nSPS) is 16.6. The maximum atomic E-state index is 12.6. The predicted molar refractivity (Wildman–Crippen MR) is 111 cm³/mol. The highest BCUT2D eigenvalue weighted by Crippen LogP contribution is 2.38. The number of halogens is 1. The molecule has 1 aromatic carbocycles. The second kappa shape index (κ2) is 7.42. The van der Waals surface area contributed by atoms with Crippen molar-refractivity contribution >= 4 is 44.7 Å². The highest BCUT2D eigenvalue weighted by molar-refractivity contribution is 7.22. The monoisotopic (exact) mass is 401 g/mol. The molecule has 2 aromatic heterocycles. The molecular formula is C19H20ClN5OS. The number of hydrogen-bond donors (Lipinski definition) is 2. The molecule has 1 fully saturated rings. The van der Waals surface area contributed by atoms with Crippen molar-refractivity contribution in [3.8, 4) is 10.4 Å². The molecule has 4 rings (SSSR count). The van der Waals surface area contributed by atoms with Crippen LogP contribution in [0, 0.1) is 0 Å². The standard InChI is InChI=1S/C19H20ClN5OS/c1-25(2)19(26)16-17-14(18(24-23-16)22-13-7-8-21-10-13)9-15(27-17)11-3-5-12(20)6-4-11/h3-6,9,13,21H,7-8,10H2,1-2H3,(H,22,24). The van der Waals surface area contributed by atoms with Crippen LogP contribution < -0.4 is 10.6 Å². The summed E-state index contributed by atoms with van der Waals surface area (Å²) in [5.74, 6) is 0.580. The lowest BCUT2D eigenvalue weighted by Crippen LogP contribution is -2.25. The van der Waals surface area contributed by atoms with Crippen LogP contribution in [0.4, 0.5) is 5.82 Å². The summed E-state index contributed by atoms with van der Waals surface area (Å²) < 4.78 is 0.849. The first kappa shape index (κ1) is 18.2. The van der Waals surface area contributed by atoms with E-state index in [2.05, 4.69) is 26.9 Å². The number of rotatable bonds is 4. The molecule has 1 aliphatic rings. The van der Waals surface area contributed by atoms with Crippen LogP contribution in [0.1, 0.15) is 16.9 Å². The molecule has 0 bridgehead atoms. The third-order valence-corrected chi connectivity index (χ3v) is 6.03. The van der Waals surface area contributed by atoms with Gasteiger partial charge in [0.15, 0.2) is 11.5 Å². The van der Waals surface area contributed by atoms with E-state index in [0.29, 0.717) is 16.8 Å². The molecule has 3 aromatic rings. The number of hydrogen-bond acceptors (Lipinski definition) is 6. The van der Waals surface area contributed by atoms with Gasteiger partial charge in [-0.1, -0.05) is 23.7 Å². The Labute approximate surface area is 166 Å². The summed E-state index contributed by atoms with van der Waals surface area (Å²) in [6.45, 7) is 1.89. The molecule has 8 heteroatoms. The van der Waals surface area contributed by atoms with Gasteiger partial charge in [0.1, 0.15) is 0 Å². The van der Waals surface area contributed by atoms with Crippen LogP contribution in [-0.4, -0.2) is 54.2 Å². The van der Waals surface area contributed by atoms with Crippen molar-refractivity contribution in [3.63, 3.8) is 0 Å². The van der Waals surface area contributed by atoms with Crippen LogP contribution in [0.15, 0.2) is 30.3 Å². The minimum absolute atomic E-state index is 0.147. The van der Waals surface area contributed by atoms with Crippen LogP contribution in [-0.2, 0) is 0 Å². The summed E-state index contributed by atoms with van der Waals surface area (Å²) in [4.78, 5) is 15.2. The molecule has 2 N–H and O–H groups in total. The molecule has 3 heterocycles. The van der Waals surface area contributed by atoms with Gasteiger partial charge in [-0.2, -0.15) is 0 Å². The van der Waals surface area contributed by atoms with Crippen LogP contribution in [0.2, 0.25) is 5.02 Å². The Morgan fingerprint density at radius 1 is 1.30 bits per heavy atom. The van der Waals surface area contributed by atoms with Crippen LogP contribution >= 0.6 is 22.9 Å². The second-order valence-corrected chi connectivity index (χ2v) is 8.28. The Bertz CT molecular complexity index is 980. The number of aromatic nitrogens is 2. The van der Waals surface area contributed by atoms with Crippen molar-refractivity contribution in [1.82, 2.24) is 20.4 Å². The number of thiophene rings is 1. The lowest BCUT2D eigenvalue weighted by Gasteiger charge is -2.14. The molecule has 1 unspecified atom stereocenters. The smallest absolute Gasteiger partial charge is 0.275 e. The van der Waals surface area contributed by atoms with Gasteiger partial charge in [-0.15, -0.1) is 21.5 Å². The third kappa shape index (κ3) is 3.63. The molecule has 0 spiro atoms. The van der Waals surface area contributed by atoms with Crippen LogP contribution in [0.5, 0.6) is 0 Å². The molecule has 0 saturated carbocycles. The van der Waals surface area contributed by atoms with E-state index in [9.17, 15) is 4.79 Å². The Balaban J connectivity index is 1.83. The van der Waals surface area contributed by atoms with E-state index in [1.54, 1.807) is 25.4 Å². The third-order valence-electron chi connectivity index (χ3n) is 4.59. The van der Waals surface area contributed by atoms with Gasteiger partial charge in [-0.05, 0) is 36.7 Å². The van der Waals surface area contributed by atoms with E-state index in [4.69, 9.17) is 11.6 Å². The van der Waals surface area contributed by atoms with Crippen LogP contribution in [0.25, 0.3) is 20.5 Å². The van der Waals surface area contributed by atoms with E-state index in [0.717, 1.165) is 45.9 Å². The van der Waals surface area contributed by atoms with Crippen molar-refractivity contribution in [2.75, 3.05) is 32.5 Å². The van der Waals surface area contributed by atoms with E-state index in [1.807, 2.05) is 24.3 Å². The molecule has 6 nitrogen and oxygen atoms in total. The van der Waals surface area contributed by atoms with Gasteiger partial charge in [-0.3, -0.25) is 4.79 Å². The highest BCUT2D eigenvalue weighted by atomic mass is 35.5. The maximum Gasteiger partial charge on any atom is 0.275 e. The van der Waals surface area contributed by atoms with Gasteiger partial charge in [0.2, 0.25) is 0 Å². The van der Waals surface area contributed by atoms with Crippen molar-refractivity contribution in [2.45, 2.75) is 12.5 Å². The van der Waals surface area contributed by atoms with Crippen molar-refractivity contribution in [3.05, 3.63) is 41.0 Å². The highest BCUT2D eigenvalue weighted by Gasteiger charge is 2.22. The zero-order valence-electron chi connectivity index (χ0n) is 15.1. The lowest BCUT2D eigenvalue weighted by molar-refractivity contribution is 0.0823. The molecule has 0 radical (unpaired) electrons. The first-order valence-electron chi connectivity index (χ1n) is 8.78. The fourth-order valence-corrected chi connectivity index (χ4v) is 4.40. The molecule has 0 aliphatic carbocycles. The molecule has 1 aliphatic heterocycles. The summed E-state index contributed by atoms with van der Waals surface area (Å²) in [6, 6.07) is 10.1. The van der Waals surface area contributed by atoms with Crippen LogP contribution in [0.3, 0.4) is 0 Å². The quantitative estimate of drug-likeness (QED) is 0.700. The number of nitrogens with one attached hydrogen (secondary N) is 2. The Morgan fingerprint density at radius 2 is 2.07 bits per heavy atom. The maximum absolute atomic E-state index is 12.6. The van der Waals surface area contributed by atoms with Gasteiger partial charge in [-0.25, -0.2) is 0 Å². The molecule has 1 amide bonds. The first-order chi connectivity index (χ1) is 13.0. The van der Waals surface area contributed by atoms with Crippen molar-refractivity contribution in [2.24, 2.45) is 0 Å². The molecule has 1 atom stereocenters. The number of carbonyl (C=O) groups is 1. The second-order valence-electron chi connectivity index (χ2n) is 6.79. The van der Waals surface area contributed by atoms with Crippen molar-refractivity contribution < 1.29 is 4.79 Å². The van der Waals surface area contributed by atoms with Gasteiger partial charge in [0.25, 0.3) is 5.91 Å². The van der Waals surface area contributed by atoms with Gasteiger partial charge >= 0.3 is 0 Å². The minimum Gasteiger partial charge on any atom is -0.364 e. The van der Waals surface area contributed by atoms with E-state index < -0.39 is 0 Å². The fraction of sp³-hybridized carbons (Fsp3) is 0.316. The summed E-state index contributed by atoms with van der Waals surface area (Å²) in [7, 11) is 3.44. The van der Waals surface area contributed by atoms with E-state index in [1.165, 1.54) is 4.90 Å². The molecule has 140 valence electrons. The number of benzene rings is 1. The average Bonchev–Trinajstić information content (AvgIpc) is 3.32. The summed E-state index contributed by atoms with van der Waals surface area (Å²) in [5.41, 5.74) is 1.44. The van der Waals surface area contributed by atoms with Gasteiger partial charge < -0.3 is 15.5 Å². The average molecular weight is 402 g/mol. The van der Waals surface area contributed by atoms with E-state index >= 15 is 0 Å². The number of nitrogens with zero attached hydrogens (tertiary/aromatic N) is 3. The molecule has 1 saturated heterocycles. The Hall–Kier alpha value is -2.22. The number of anilines is 1. The van der Waals surface area contributed by atoms with Crippen molar-refractivity contribution in [1.29, 1.82) is 0 Å². The molecular weight excluding hydrogens is 382 g/mol. The number of fused-ring (bicyclic) bond motifs is 1. The Morgan fingerprint density at radius 3 is 2.74 bits per heavy atom. The SMILES string of the molecule is CN(C)C(=O)c1nnc(NC2CCNC2)c2cc(-c3ccc(Cl)cc3)sc12. The van der Waals surface area contributed by atoms with Gasteiger partial charge in [0.05, 0.1) is 4.70 Å². The fourth-order valence-electron chi connectivity index (χ4n) is 3.13.